The first kappa shape index (κ1) is 21.3. The molecule has 8 heteroatoms. The number of nitrogens with one attached hydrogen (secondary N) is 4. The van der Waals surface area contributed by atoms with Gasteiger partial charge in [-0.05, 0) is 43.7 Å². The first-order chi connectivity index (χ1) is 14.5. The van der Waals surface area contributed by atoms with Crippen LogP contribution < -0.4 is 30.7 Å². The Balaban J connectivity index is 1.53. The predicted octanol–water partition coefficient (Wildman–Crippen LogP) is 3.57. The number of anilines is 2. The Morgan fingerprint density at radius 3 is 2.40 bits per heavy atom. The Bertz CT molecular complexity index is 881. The highest BCUT2D eigenvalue weighted by Gasteiger charge is 2.11. The van der Waals surface area contributed by atoms with Gasteiger partial charge in [-0.15, -0.1) is 0 Å². The number of hydrogen-bond donors (Lipinski definition) is 4. The molecule has 0 aliphatic carbocycles. The van der Waals surface area contributed by atoms with Gasteiger partial charge in [0.1, 0.15) is 0 Å². The van der Waals surface area contributed by atoms with E-state index in [2.05, 4.69) is 26.3 Å². The number of ether oxygens (including phenoxy) is 2. The van der Waals surface area contributed by atoms with Gasteiger partial charge in [0.25, 0.3) is 0 Å². The quantitative estimate of drug-likeness (QED) is 0.446. The van der Waals surface area contributed by atoms with Crippen LogP contribution >= 0.6 is 0 Å². The Morgan fingerprint density at radius 1 is 1.00 bits per heavy atom. The van der Waals surface area contributed by atoms with Gasteiger partial charge in [0, 0.05) is 43.5 Å². The topological polar surface area (TPSA) is 96.0 Å². The van der Waals surface area contributed by atoms with Crippen LogP contribution in [0, 0.1) is 0 Å². The molecule has 0 aromatic heterocycles. The van der Waals surface area contributed by atoms with E-state index in [4.69, 9.17) is 9.47 Å². The summed E-state index contributed by atoms with van der Waals surface area (Å²) >= 11 is 0. The Hall–Kier alpha value is -3.42. The molecule has 0 unspecified atom stereocenters. The molecule has 0 radical (unpaired) electrons. The van der Waals surface area contributed by atoms with E-state index in [1.165, 1.54) is 0 Å². The van der Waals surface area contributed by atoms with Crippen LogP contribution in [0.15, 0.2) is 47.5 Å². The van der Waals surface area contributed by atoms with E-state index in [9.17, 15) is 4.79 Å². The molecule has 1 heterocycles. The van der Waals surface area contributed by atoms with Crippen LogP contribution in [0.5, 0.6) is 11.5 Å². The molecule has 0 fully saturated rings. The van der Waals surface area contributed by atoms with Gasteiger partial charge in [-0.1, -0.05) is 12.1 Å². The van der Waals surface area contributed by atoms with Crippen molar-refractivity contribution in [3.8, 4) is 11.5 Å². The summed E-state index contributed by atoms with van der Waals surface area (Å²) in [5.41, 5.74) is 2.67. The third-order valence-corrected chi connectivity index (χ3v) is 4.33. The first-order valence-corrected chi connectivity index (χ1v) is 10.1. The van der Waals surface area contributed by atoms with Crippen molar-refractivity contribution in [2.24, 2.45) is 4.99 Å². The predicted molar refractivity (Wildman–Crippen MR) is 120 cm³/mol. The second kappa shape index (κ2) is 10.4. The van der Waals surface area contributed by atoms with Crippen molar-refractivity contribution in [3.05, 3.63) is 48.0 Å². The SMILES string of the molecule is CN=C(NCc1ccc(NC(=O)NC(C)C)cc1)Nc1ccc2c(c1)OCCCO2. The van der Waals surface area contributed by atoms with Crippen molar-refractivity contribution in [2.75, 3.05) is 30.9 Å². The van der Waals surface area contributed by atoms with E-state index < -0.39 is 0 Å². The van der Waals surface area contributed by atoms with Crippen LogP contribution in [-0.2, 0) is 6.54 Å². The number of carbonyl (C=O) groups excluding carboxylic acids is 1. The fraction of sp³-hybridized carbons (Fsp3) is 0.364. The molecule has 2 aromatic rings. The van der Waals surface area contributed by atoms with Gasteiger partial charge in [0.05, 0.1) is 13.2 Å². The number of rotatable bonds is 5. The number of amides is 2. The highest BCUT2D eigenvalue weighted by atomic mass is 16.5. The lowest BCUT2D eigenvalue weighted by Gasteiger charge is -2.14. The summed E-state index contributed by atoms with van der Waals surface area (Å²) in [4.78, 5) is 16.0. The summed E-state index contributed by atoms with van der Waals surface area (Å²) in [5.74, 6) is 2.14. The molecule has 2 aromatic carbocycles. The number of fused-ring (bicyclic) bond motifs is 1. The summed E-state index contributed by atoms with van der Waals surface area (Å²) in [5, 5.41) is 12.1. The van der Waals surface area contributed by atoms with Gasteiger partial charge >= 0.3 is 6.03 Å². The number of benzene rings is 2. The average Bonchev–Trinajstić information content (AvgIpc) is 2.96. The Morgan fingerprint density at radius 2 is 1.70 bits per heavy atom. The molecule has 3 rings (SSSR count). The van der Waals surface area contributed by atoms with Crippen molar-refractivity contribution in [1.82, 2.24) is 10.6 Å². The molecule has 1 aliphatic rings. The molecule has 0 saturated carbocycles. The number of carbonyl (C=O) groups is 1. The zero-order valence-corrected chi connectivity index (χ0v) is 17.6. The van der Waals surface area contributed by atoms with E-state index in [1.54, 1.807) is 7.05 Å². The van der Waals surface area contributed by atoms with Gasteiger partial charge in [-0.25, -0.2) is 4.79 Å². The molecule has 0 bridgehead atoms. The molecule has 0 spiro atoms. The number of nitrogens with zero attached hydrogens (tertiary/aromatic N) is 1. The molecule has 1 aliphatic heterocycles. The van der Waals surface area contributed by atoms with Crippen molar-refractivity contribution >= 4 is 23.4 Å². The fourth-order valence-corrected chi connectivity index (χ4v) is 2.88. The Kier molecular flexibility index (Phi) is 7.37. The second-order valence-corrected chi connectivity index (χ2v) is 7.21. The van der Waals surface area contributed by atoms with E-state index in [0.29, 0.717) is 25.7 Å². The molecule has 4 N–H and O–H groups in total. The van der Waals surface area contributed by atoms with Crippen LogP contribution in [-0.4, -0.2) is 38.3 Å². The molecule has 0 saturated heterocycles. The third kappa shape index (κ3) is 6.30. The maximum Gasteiger partial charge on any atom is 0.319 e. The molecule has 0 atom stereocenters. The lowest BCUT2D eigenvalue weighted by Crippen LogP contribution is -2.34. The highest BCUT2D eigenvalue weighted by molar-refractivity contribution is 5.94. The van der Waals surface area contributed by atoms with Gasteiger partial charge in [0.15, 0.2) is 17.5 Å². The van der Waals surface area contributed by atoms with Gasteiger partial charge < -0.3 is 30.7 Å². The summed E-state index contributed by atoms with van der Waals surface area (Å²) in [6.07, 6.45) is 0.872. The van der Waals surface area contributed by atoms with Gasteiger partial charge in [0.2, 0.25) is 0 Å². The minimum atomic E-state index is -0.212. The van der Waals surface area contributed by atoms with E-state index in [0.717, 1.165) is 34.9 Å². The first-order valence-electron chi connectivity index (χ1n) is 10.1. The largest absolute Gasteiger partial charge is 0.490 e. The zero-order valence-electron chi connectivity index (χ0n) is 17.6. The fourth-order valence-electron chi connectivity index (χ4n) is 2.88. The molecule has 8 nitrogen and oxygen atoms in total. The van der Waals surface area contributed by atoms with Crippen LogP contribution in [0.4, 0.5) is 16.2 Å². The smallest absolute Gasteiger partial charge is 0.319 e. The minimum absolute atomic E-state index is 0.0892. The summed E-state index contributed by atoms with van der Waals surface area (Å²) < 4.78 is 11.4. The number of aliphatic imine (C=N–C) groups is 1. The number of guanidine groups is 1. The molecule has 30 heavy (non-hydrogen) atoms. The maximum atomic E-state index is 11.8. The normalized spacial score (nSPS) is 13.4. The van der Waals surface area contributed by atoms with Crippen molar-refractivity contribution < 1.29 is 14.3 Å². The minimum Gasteiger partial charge on any atom is -0.490 e. The third-order valence-electron chi connectivity index (χ3n) is 4.33. The zero-order chi connectivity index (χ0) is 21.3. The van der Waals surface area contributed by atoms with Crippen LogP contribution in [0.3, 0.4) is 0 Å². The highest BCUT2D eigenvalue weighted by Crippen LogP contribution is 2.32. The van der Waals surface area contributed by atoms with Crippen LogP contribution in [0.2, 0.25) is 0 Å². The van der Waals surface area contributed by atoms with E-state index in [-0.39, 0.29) is 12.1 Å². The maximum absolute atomic E-state index is 11.8. The summed E-state index contributed by atoms with van der Waals surface area (Å²) in [7, 11) is 1.72. The average molecular weight is 412 g/mol. The molecular weight excluding hydrogens is 382 g/mol. The van der Waals surface area contributed by atoms with Crippen LogP contribution in [0.1, 0.15) is 25.8 Å². The molecular formula is C22H29N5O3. The van der Waals surface area contributed by atoms with E-state index >= 15 is 0 Å². The van der Waals surface area contributed by atoms with Crippen molar-refractivity contribution in [2.45, 2.75) is 32.9 Å². The monoisotopic (exact) mass is 411 g/mol. The number of urea groups is 1. The van der Waals surface area contributed by atoms with Crippen molar-refractivity contribution in [1.29, 1.82) is 0 Å². The summed E-state index contributed by atoms with van der Waals surface area (Å²) in [6.45, 7) is 5.74. The Labute approximate surface area is 177 Å². The van der Waals surface area contributed by atoms with E-state index in [1.807, 2.05) is 56.3 Å². The van der Waals surface area contributed by atoms with Crippen LogP contribution in [0.25, 0.3) is 0 Å². The molecule has 160 valence electrons. The molecule has 2 amide bonds. The van der Waals surface area contributed by atoms with Gasteiger partial charge in [-0.2, -0.15) is 0 Å². The standard InChI is InChI=1S/C22H29N5O3/c1-15(2)25-22(28)27-17-7-5-16(6-8-17)14-24-21(23-3)26-18-9-10-19-20(13-18)30-12-4-11-29-19/h5-10,13,15H,4,11-12,14H2,1-3H3,(H2,23,24,26)(H2,25,27,28). The lowest BCUT2D eigenvalue weighted by atomic mass is 10.2. The van der Waals surface area contributed by atoms with Gasteiger partial charge in [-0.3, -0.25) is 4.99 Å². The number of hydrogen-bond acceptors (Lipinski definition) is 4. The lowest BCUT2D eigenvalue weighted by molar-refractivity contribution is 0.250. The van der Waals surface area contributed by atoms with Crippen molar-refractivity contribution in [3.63, 3.8) is 0 Å². The summed E-state index contributed by atoms with van der Waals surface area (Å²) in [6, 6.07) is 13.3. The second-order valence-electron chi connectivity index (χ2n) is 7.21.